The van der Waals surface area contributed by atoms with E-state index in [1.54, 1.807) is 22.8 Å². The molecule has 1 aliphatic rings. The van der Waals surface area contributed by atoms with Crippen LogP contribution in [0.5, 0.6) is 0 Å². The highest BCUT2D eigenvalue weighted by Gasteiger charge is 2.28. The molecule has 2 N–H and O–H groups in total. The molecule has 8 nitrogen and oxygen atoms in total. The van der Waals surface area contributed by atoms with Crippen LogP contribution in [0.25, 0.3) is 5.65 Å². The minimum Gasteiger partial charge on any atom is -0.369 e. The Labute approximate surface area is 211 Å². The van der Waals surface area contributed by atoms with Crippen molar-refractivity contribution in [3.05, 3.63) is 62.2 Å². The number of hydrogen-bond acceptors (Lipinski definition) is 5. The first-order chi connectivity index (χ1) is 16.7. The third-order valence-electron chi connectivity index (χ3n) is 7.41. The van der Waals surface area contributed by atoms with Crippen LogP contribution in [0.15, 0.2) is 29.2 Å². The Kier molecular flexibility index (Phi) is 7.52. The fourth-order valence-corrected chi connectivity index (χ4v) is 5.53. The number of rotatable bonds is 7. The van der Waals surface area contributed by atoms with Crippen molar-refractivity contribution >= 4 is 28.8 Å². The molecule has 0 bridgehead atoms. The molecule has 0 unspecified atom stereocenters. The average Bonchev–Trinajstić information content (AvgIpc) is 3.30. The van der Waals surface area contributed by atoms with E-state index < -0.39 is 0 Å². The first kappa shape index (κ1) is 25.3. The molecule has 9 heteroatoms. The van der Waals surface area contributed by atoms with E-state index in [4.69, 9.17) is 11.6 Å². The Morgan fingerprint density at radius 3 is 2.54 bits per heavy atom. The molecule has 3 aromatic rings. The SMILES string of the molecule is CCN(c1cc(Cl)cc(C(=O)NCc2c(C)n3[nH]ccc3nc2=O)c1C)[C@H]1CC[C@H](N(C)C)CC1. The summed E-state index contributed by atoms with van der Waals surface area (Å²) in [7, 11) is 4.30. The highest BCUT2D eigenvalue weighted by molar-refractivity contribution is 6.31. The highest BCUT2D eigenvalue weighted by Crippen LogP contribution is 2.34. The van der Waals surface area contributed by atoms with Crippen LogP contribution in [0.4, 0.5) is 5.69 Å². The third kappa shape index (κ3) is 5.09. The summed E-state index contributed by atoms with van der Waals surface area (Å²) in [5.41, 5.74) is 3.82. The number of hydrogen-bond donors (Lipinski definition) is 2. The second-order valence-electron chi connectivity index (χ2n) is 9.63. The van der Waals surface area contributed by atoms with Crippen LogP contribution in [0, 0.1) is 13.8 Å². The predicted octanol–water partition coefficient (Wildman–Crippen LogP) is 3.92. The van der Waals surface area contributed by atoms with Crippen molar-refractivity contribution in [3.63, 3.8) is 0 Å². The van der Waals surface area contributed by atoms with Gasteiger partial charge in [-0.1, -0.05) is 11.6 Å². The molecule has 35 heavy (non-hydrogen) atoms. The Balaban J connectivity index is 1.55. The second-order valence-corrected chi connectivity index (χ2v) is 10.1. The van der Waals surface area contributed by atoms with Crippen LogP contribution in [-0.4, -0.2) is 58.1 Å². The maximum atomic E-state index is 13.3. The van der Waals surface area contributed by atoms with Gasteiger partial charge in [0.1, 0.15) is 0 Å². The van der Waals surface area contributed by atoms with Gasteiger partial charge in [-0.15, -0.1) is 0 Å². The van der Waals surface area contributed by atoms with Crippen molar-refractivity contribution < 1.29 is 4.79 Å². The molecule has 2 aromatic heterocycles. The minimum absolute atomic E-state index is 0.0891. The molecule has 0 saturated heterocycles. The monoisotopic (exact) mass is 498 g/mol. The van der Waals surface area contributed by atoms with E-state index in [-0.39, 0.29) is 18.0 Å². The number of nitrogens with one attached hydrogen (secondary N) is 2. The topological polar surface area (TPSA) is 85.7 Å². The zero-order chi connectivity index (χ0) is 25.3. The third-order valence-corrected chi connectivity index (χ3v) is 7.63. The van der Waals surface area contributed by atoms with Gasteiger partial charge in [0.25, 0.3) is 11.5 Å². The number of aromatic nitrogens is 3. The van der Waals surface area contributed by atoms with Gasteiger partial charge in [-0.3, -0.25) is 14.7 Å². The summed E-state index contributed by atoms with van der Waals surface area (Å²) in [6, 6.07) is 6.46. The van der Waals surface area contributed by atoms with Gasteiger partial charge < -0.3 is 15.1 Å². The second kappa shape index (κ2) is 10.4. The maximum Gasteiger partial charge on any atom is 0.278 e. The van der Waals surface area contributed by atoms with Crippen molar-refractivity contribution in [1.82, 2.24) is 24.8 Å². The quantitative estimate of drug-likeness (QED) is 0.515. The summed E-state index contributed by atoms with van der Waals surface area (Å²) in [5, 5.41) is 6.48. The number of carbonyl (C=O) groups is 1. The van der Waals surface area contributed by atoms with Gasteiger partial charge in [0.2, 0.25) is 0 Å². The van der Waals surface area contributed by atoms with Gasteiger partial charge in [-0.25, -0.2) is 4.52 Å². The largest absolute Gasteiger partial charge is 0.369 e. The Morgan fingerprint density at radius 2 is 1.89 bits per heavy atom. The lowest BCUT2D eigenvalue weighted by Crippen LogP contribution is -2.42. The summed E-state index contributed by atoms with van der Waals surface area (Å²) in [6.07, 6.45) is 6.27. The smallest absolute Gasteiger partial charge is 0.278 e. The van der Waals surface area contributed by atoms with E-state index in [1.165, 1.54) is 0 Å². The number of nitrogens with zero attached hydrogens (tertiary/aromatic N) is 4. The summed E-state index contributed by atoms with van der Waals surface area (Å²) < 4.78 is 1.73. The van der Waals surface area contributed by atoms with Crippen LogP contribution in [-0.2, 0) is 6.54 Å². The van der Waals surface area contributed by atoms with Crippen molar-refractivity contribution in [3.8, 4) is 0 Å². The lowest BCUT2D eigenvalue weighted by molar-refractivity contribution is 0.0950. The zero-order valence-corrected chi connectivity index (χ0v) is 21.9. The summed E-state index contributed by atoms with van der Waals surface area (Å²) in [6.45, 7) is 6.89. The van der Waals surface area contributed by atoms with E-state index in [0.717, 1.165) is 49.2 Å². The van der Waals surface area contributed by atoms with Gasteiger partial charge in [-0.05, 0) is 78.2 Å². The number of carbonyl (C=O) groups excluding carboxylic acids is 1. The molecular formula is C26H35ClN6O2. The van der Waals surface area contributed by atoms with E-state index in [1.807, 2.05) is 19.9 Å². The lowest BCUT2D eigenvalue weighted by atomic mass is 9.89. The molecule has 1 aromatic carbocycles. The number of fused-ring (bicyclic) bond motifs is 1. The Bertz CT molecular complexity index is 1270. The molecule has 0 aliphatic heterocycles. The fourth-order valence-electron chi connectivity index (χ4n) is 5.32. The summed E-state index contributed by atoms with van der Waals surface area (Å²) in [5.74, 6) is -0.256. The lowest BCUT2D eigenvalue weighted by Gasteiger charge is -2.40. The molecule has 1 saturated carbocycles. The number of aryl methyl sites for hydroxylation is 1. The van der Waals surface area contributed by atoms with Gasteiger partial charge in [-0.2, -0.15) is 4.98 Å². The zero-order valence-electron chi connectivity index (χ0n) is 21.2. The van der Waals surface area contributed by atoms with E-state index >= 15 is 0 Å². The molecule has 0 spiro atoms. The molecule has 188 valence electrons. The van der Waals surface area contributed by atoms with Crippen LogP contribution < -0.4 is 15.8 Å². The van der Waals surface area contributed by atoms with Gasteiger partial charge in [0, 0.05) is 52.9 Å². The number of aromatic amines is 1. The summed E-state index contributed by atoms with van der Waals surface area (Å²) >= 11 is 6.51. The van der Waals surface area contributed by atoms with Gasteiger partial charge >= 0.3 is 0 Å². The molecule has 1 amide bonds. The van der Waals surface area contributed by atoms with Crippen LogP contribution in [0.3, 0.4) is 0 Å². The molecular weight excluding hydrogens is 464 g/mol. The normalized spacial score (nSPS) is 18.3. The Hall–Kier alpha value is -2.84. The van der Waals surface area contributed by atoms with Crippen molar-refractivity contribution in [2.24, 2.45) is 0 Å². The molecule has 1 aliphatic carbocycles. The van der Waals surface area contributed by atoms with Crippen LogP contribution in [0.2, 0.25) is 5.02 Å². The first-order valence-corrected chi connectivity index (χ1v) is 12.7. The molecule has 1 fully saturated rings. The van der Waals surface area contributed by atoms with E-state index in [2.05, 4.69) is 46.2 Å². The molecule has 0 radical (unpaired) electrons. The molecule has 0 atom stereocenters. The van der Waals surface area contributed by atoms with E-state index in [0.29, 0.717) is 33.9 Å². The average molecular weight is 499 g/mol. The fraction of sp³-hybridized carbons (Fsp3) is 0.500. The maximum absolute atomic E-state index is 13.3. The van der Waals surface area contributed by atoms with Crippen LogP contribution in [0.1, 0.15) is 59.8 Å². The van der Waals surface area contributed by atoms with Crippen molar-refractivity contribution in [1.29, 1.82) is 0 Å². The number of H-pyrrole nitrogens is 1. The number of amides is 1. The number of halogens is 1. The van der Waals surface area contributed by atoms with Crippen molar-refractivity contribution in [2.75, 3.05) is 25.5 Å². The first-order valence-electron chi connectivity index (χ1n) is 12.3. The highest BCUT2D eigenvalue weighted by atomic mass is 35.5. The van der Waals surface area contributed by atoms with Gasteiger partial charge in [0.05, 0.1) is 12.1 Å². The van der Waals surface area contributed by atoms with Gasteiger partial charge in [0.15, 0.2) is 5.65 Å². The molecule has 4 rings (SSSR count). The minimum atomic E-state index is -0.337. The standard InChI is InChI=1S/C26H35ClN6O2/c1-6-32(20-9-7-19(8-10-20)31(4)5)23-14-18(27)13-21(16(23)2)25(34)28-15-22-17(3)33-24(11-12-29-33)30-26(22)35/h11-14,19-20,29H,6-10,15H2,1-5H3,(H,28,34)/t19-,20-. The van der Waals surface area contributed by atoms with E-state index in [9.17, 15) is 9.59 Å². The predicted molar refractivity (Wildman–Crippen MR) is 141 cm³/mol. The summed E-state index contributed by atoms with van der Waals surface area (Å²) in [4.78, 5) is 34.6. The van der Waals surface area contributed by atoms with Crippen LogP contribution >= 0.6 is 11.6 Å². The number of anilines is 1. The van der Waals surface area contributed by atoms with Crippen molar-refractivity contribution in [2.45, 2.75) is 65.1 Å². The molecule has 2 heterocycles. The Morgan fingerprint density at radius 1 is 1.20 bits per heavy atom. The number of benzene rings is 1.